The minimum atomic E-state index is 0.739. The molecule has 0 saturated carbocycles. The smallest absolute Gasteiger partial charge is 0.0245 e. The van der Waals surface area contributed by atoms with Crippen LogP contribution in [0.3, 0.4) is 0 Å². The van der Waals surface area contributed by atoms with E-state index in [4.69, 9.17) is 0 Å². The average Bonchev–Trinajstić information content (AvgIpc) is 2.74. The van der Waals surface area contributed by atoms with Crippen molar-refractivity contribution in [3.05, 3.63) is 22.4 Å². The highest BCUT2D eigenvalue weighted by molar-refractivity contribution is 7.07. The SMILES string of the molecule is CNCC1CCCCN1Cc1ccsc1. The van der Waals surface area contributed by atoms with Crippen LogP contribution in [0.1, 0.15) is 24.8 Å². The van der Waals surface area contributed by atoms with Gasteiger partial charge in [-0.1, -0.05) is 6.42 Å². The van der Waals surface area contributed by atoms with Gasteiger partial charge in [0.25, 0.3) is 0 Å². The van der Waals surface area contributed by atoms with E-state index >= 15 is 0 Å². The molecule has 0 aliphatic carbocycles. The summed E-state index contributed by atoms with van der Waals surface area (Å²) in [4.78, 5) is 2.63. The number of nitrogens with one attached hydrogen (secondary N) is 1. The summed E-state index contributed by atoms with van der Waals surface area (Å²) in [6, 6.07) is 2.99. The predicted octanol–water partition coefficient (Wildman–Crippen LogP) is 2.32. The molecule has 0 amide bonds. The third-order valence-corrected chi connectivity index (χ3v) is 3.89. The lowest BCUT2D eigenvalue weighted by molar-refractivity contribution is 0.139. The standard InChI is InChI=1S/C12H20N2S/c1-13-8-12-4-2-3-6-14(12)9-11-5-7-15-10-11/h5,7,10,12-13H,2-4,6,8-9H2,1H3. The van der Waals surface area contributed by atoms with Crippen molar-refractivity contribution in [1.82, 2.24) is 10.2 Å². The highest BCUT2D eigenvalue weighted by Gasteiger charge is 2.21. The number of hydrogen-bond donors (Lipinski definition) is 1. The van der Waals surface area contributed by atoms with Crippen LogP contribution < -0.4 is 5.32 Å². The number of rotatable bonds is 4. The fourth-order valence-electron chi connectivity index (χ4n) is 2.35. The van der Waals surface area contributed by atoms with Gasteiger partial charge in [-0.3, -0.25) is 4.90 Å². The van der Waals surface area contributed by atoms with Gasteiger partial charge in [0.15, 0.2) is 0 Å². The minimum Gasteiger partial charge on any atom is -0.318 e. The second-order valence-corrected chi connectivity index (χ2v) is 5.09. The molecule has 1 aromatic rings. The average molecular weight is 224 g/mol. The molecule has 2 heterocycles. The first-order valence-electron chi connectivity index (χ1n) is 5.80. The summed E-state index contributed by atoms with van der Waals surface area (Å²) in [6.07, 6.45) is 4.11. The van der Waals surface area contributed by atoms with Crippen LogP contribution >= 0.6 is 11.3 Å². The van der Waals surface area contributed by atoms with E-state index in [1.165, 1.54) is 31.4 Å². The van der Waals surface area contributed by atoms with Crippen molar-refractivity contribution in [3.63, 3.8) is 0 Å². The minimum absolute atomic E-state index is 0.739. The zero-order valence-electron chi connectivity index (χ0n) is 9.41. The van der Waals surface area contributed by atoms with Crippen molar-refractivity contribution in [2.24, 2.45) is 0 Å². The highest BCUT2D eigenvalue weighted by atomic mass is 32.1. The third-order valence-electron chi connectivity index (χ3n) is 3.15. The van der Waals surface area contributed by atoms with Crippen LogP contribution in [0.5, 0.6) is 0 Å². The Hall–Kier alpha value is -0.380. The Morgan fingerprint density at radius 2 is 2.47 bits per heavy atom. The molecule has 1 aromatic heterocycles. The van der Waals surface area contributed by atoms with Crippen molar-refractivity contribution in [2.45, 2.75) is 31.8 Å². The van der Waals surface area contributed by atoms with E-state index in [9.17, 15) is 0 Å². The van der Waals surface area contributed by atoms with Gasteiger partial charge in [-0.15, -0.1) is 0 Å². The fraction of sp³-hybridized carbons (Fsp3) is 0.667. The van der Waals surface area contributed by atoms with Gasteiger partial charge >= 0.3 is 0 Å². The number of nitrogens with zero attached hydrogens (tertiary/aromatic N) is 1. The quantitative estimate of drug-likeness (QED) is 0.844. The molecule has 1 atom stereocenters. The molecule has 2 rings (SSSR count). The molecule has 1 unspecified atom stereocenters. The first-order chi connectivity index (χ1) is 7.40. The molecule has 1 N–H and O–H groups in total. The van der Waals surface area contributed by atoms with Crippen LogP contribution in [0.25, 0.3) is 0 Å². The second kappa shape index (κ2) is 5.64. The summed E-state index contributed by atoms with van der Waals surface area (Å²) in [6.45, 7) is 3.53. The van der Waals surface area contributed by atoms with E-state index < -0.39 is 0 Å². The molecule has 0 bridgehead atoms. The maximum Gasteiger partial charge on any atom is 0.0245 e. The number of piperidine rings is 1. The Morgan fingerprint density at radius 3 is 3.20 bits per heavy atom. The van der Waals surface area contributed by atoms with Crippen LogP contribution in [-0.2, 0) is 6.54 Å². The summed E-state index contributed by atoms with van der Waals surface area (Å²) < 4.78 is 0. The molecular weight excluding hydrogens is 204 g/mol. The summed E-state index contributed by atoms with van der Waals surface area (Å²) in [5.74, 6) is 0. The maximum absolute atomic E-state index is 3.31. The van der Waals surface area contributed by atoms with Crippen molar-refractivity contribution >= 4 is 11.3 Å². The molecule has 0 aromatic carbocycles. The predicted molar refractivity (Wildman–Crippen MR) is 66.3 cm³/mol. The Morgan fingerprint density at radius 1 is 1.53 bits per heavy atom. The summed E-state index contributed by atoms with van der Waals surface area (Å²) in [5, 5.41) is 7.75. The largest absolute Gasteiger partial charge is 0.318 e. The zero-order valence-corrected chi connectivity index (χ0v) is 10.2. The molecule has 84 valence electrons. The molecule has 15 heavy (non-hydrogen) atoms. The number of thiophene rings is 1. The van der Waals surface area contributed by atoms with Crippen LogP contribution in [0.15, 0.2) is 16.8 Å². The Balaban J connectivity index is 1.92. The number of likely N-dealkylation sites (tertiary alicyclic amines) is 1. The molecule has 1 fully saturated rings. The van der Waals surface area contributed by atoms with E-state index in [1.807, 2.05) is 0 Å². The van der Waals surface area contributed by atoms with Crippen molar-refractivity contribution in [3.8, 4) is 0 Å². The molecule has 1 aliphatic heterocycles. The van der Waals surface area contributed by atoms with Gasteiger partial charge in [-0.05, 0) is 48.8 Å². The Labute approximate surface area is 96.3 Å². The van der Waals surface area contributed by atoms with E-state index in [1.54, 1.807) is 11.3 Å². The Bertz CT molecular complexity index is 269. The normalized spacial score (nSPS) is 23.1. The van der Waals surface area contributed by atoms with Gasteiger partial charge < -0.3 is 5.32 Å². The molecule has 0 radical (unpaired) electrons. The highest BCUT2D eigenvalue weighted by Crippen LogP contribution is 2.20. The van der Waals surface area contributed by atoms with E-state index in [2.05, 4.69) is 34.1 Å². The maximum atomic E-state index is 3.31. The summed E-state index contributed by atoms with van der Waals surface area (Å²) in [5.41, 5.74) is 1.48. The fourth-order valence-corrected chi connectivity index (χ4v) is 3.01. The lowest BCUT2D eigenvalue weighted by Crippen LogP contribution is -2.44. The topological polar surface area (TPSA) is 15.3 Å². The summed E-state index contributed by atoms with van der Waals surface area (Å²) >= 11 is 1.80. The van der Waals surface area contributed by atoms with Gasteiger partial charge in [0.05, 0.1) is 0 Å². The molecular formula is C12H20N2S. The molecule has 1 aliphatic rings. The van der Waals surface area contributed by atoms with Crippen LogP contribution in [0.4, 0.5) is 0 Å². The Kier molecular flexibility index (Phi) is 4.18. The van der Waals surface area contributed by atoms with Gasteiger partial charge in [-0.2, -0.15) is 11.3 Å². The van der Waals surface area contributed by atoms with Gasteiger partial charge in [0.1, 0.15) is 0 Å². The molecule has 0 spiro atoms. The van der Waals surface area contributed by atoms with Crippen molar-refractivity contribution < 1.29 is 0 Å². The number of hydrogen-bond acceptors (Lipinski definition) is 3. The van der Waals surface area contributed by atoms with E-state index in [0.717, 1.165) is 19.1 Å². The van der Waals surface area contributed by atoms with Crippen LogP contribution in [0, 0.1) is 0 Å². The first kappa shape index (κ1) is 11.1. The first-order valence-corrected chi connectivity index (χ1v) is 6.74. The third kappa shape index (κ3) is 3.03. The van der Waals surface area contributed by atoms with Gasteiger partial charge in [0, 0.05) is 19.1 Å². The van der Waals surface area contributed by atoms with E-state index in [0.29, 0.717) is 0 Å². The number of likely N-dealkylation sites (N-methyl/N-ethyl adjacent to an activating group) is 1. The van der Waals surface area contributed by atoms with Gasteiger partial charge in [-0.25, -0.2) is 0 Å². The second-order valence-electron chi connectivity index (χ2n) is 4.31. The van der Waals surface area contributed by atoms with Crippen LogP contribution in [-0.4, -0.2) is 31.1 Å². The molecule has 1 saturated heterocycles. The van der Waals surface area contributed by atoms with Gasteiger partial charge in [0.2, 0.25) is 0 Å². The monoisotopic (exact) mass is 224 g/mol. The van der Waals surface area contributed by atoms with Crippen LogP contribution in [0.2, 0.25) is 0 Å². The molecule has 3 heteroatoms. The summed E-state index contributed by atoms with van der Waals surface area (Å²) in [7, 11) is 2.05. The van der Waals surface area contributed by atoms with Crippen molar-refractivity contribution in [1.29, 1.82) is 0 Å². The lowest BCUT2D eigenvalue weighted by atomic mass is 10.0. The van der Waals surface area contributed by atoms with Crippen molar-refractivity contribution in [2.75, 3.05) is 20.1 Å². The zero-order chi connectivity index (χ0) is 10.5. The lowest BCUT2D eigenvalue weighted by Gasteiger charge is -2.35. The van der Waals surface area contributed by atoms with E-state index in [-0.39, 0.29) is 0 Å². The molecule has 2 nitrogen and oxygen atoms in total.